The zero-order chi connectivity index (χ0) is 13.8. The van der Waals surface area contributed by atoms with Crippen LogP contribution in [0.4, 0.5) is 5.69 Å². The van der Waals surface area contributed by atoms with E-state index in [1.54, 1.807) is 7.11 Å². The number of nitrogens with one attached hydrogen (secondary N) is 1. The molecule has 18 heavy (non-hydrogen) atoms. The van der Waals surface area contributed by atoms with Crippen LogP contribution in [-0.2, 0) is 11.2 Å². The number of ether oxygens (including phenoxy) is 1. The summed E-state index contributed by atoms with van der Waals surface area (Å²) < 4.78 is 6.61. The summed E-state index contributed by atoms with van der Waals surface area (Å²) in [6.45, 7) is 8.61. The van der Waals surface area contributed by atoms with E-state index in [4.69, 9.17) is 4.74 Å². The highest BCUT2D eigenvalue weighted by Gasteiger charge is 2.20. The minimum absolute atomic E-state index is 0.0891. The highest BCUT2D eigenvalue weighted by atomic mass is 79.9. The Kier molecular flexibility index (Phi) is 5.67. The van der Waals surface area contributed by atoms with Gasteiger partial charge in [-0.15, -0.1) is 0 Å². The van der Waals surface area contributed by atoms with E-state index in [9.17, 15) is 0 Å². The third-order valence-electron chi connectivity index (χ3n) is 3.20. The van der Waals surface area contributed by atoms with Crippen LogP contribution in [0.1, 0.15) is 39.7 Å². The molecule has 0 amide bonds. The summed E-state index contributed by atoms with van der Waals surface area (Å²) in [5, 5.41) is 3.58. The van der Waals surface area contributed by atoms with E-state index in [-0.39, 0.29) is 5.60 Å². The molecule has 0 spiro atoms. The summed E-state index contributed by atoms with van der Waals surface area (Å²) in [7, 11) is 1.77. The van der Waals surface area contributed by atoms with Gasteiger partial charge in [-0.1, -0.05) is 22.9 Å². The van der Waals surface area contributed by atoms with Gasteiger partial charge in [0.15, 0.2) is 0 Å². The second kappa shape index (κ2) is 6.58. The Morgan fingerprint density at radius 2 is 2.06 bits per heavy atom. The zero-order valence-corrected chi connectivity index (χ0v) is 13.6. The topological polar surface area (TPSA) is 21.3 Å². The number of rotatable bonds is 6. The predicted octanol–water partition coefficient (Wildman–Crippen LogP) is 4.63. The van der Waals surface area contributed by atoms with Crippen LogP contribution in [0.3, 0.4) is 0 Å². The van der Waals surface area contributed by atoms with Crippen molar-refractivity contribution in [3.63, 3.8) is 0 Å². The van der Waals surface area contributed by atoms with Crippen LogP contribution < -0.4 is 5.32 Å². The molecular formula is C15H24BrNO. The Morgan fingerprint density at radius 1 is 1.39 bits per heavy atom. The van der Waals surface area contributed by atoms with Gasteiger partial charge in [-0.2, -0.15) is 0 Å². The molecular weight excluding hydrogens is 290 g/mol. The fourth-order valence-corrected chi connectivity index (χ4v) is 2.54. The molecule has 0 radical (unpaired) electrons. The van der Waals surface area contributed by atoms with E-state index in [0.29, 0.717) is 6.04 Å². The molecule has 1 unspecified atom stereocenters. The Labute approximate surface area is 119 Å². The number of aryl methyl sites for hydroxylation is 1. The molecule has 0 aliphatic carbocycles. The number of methoxy groups -OCH3 is 1. The van der Waals surface area contributed by atoms with Crippen LogP contribution in [0.25, 0.3) is 0 Å². The first-order valence-corrected chi connectivity index (χ1v) is 7.27. The van der Waals surface area contributed by atoms with Gasteiger partial charge >= 0.3 is 0 Å². The van der Waals surface area contributed by atoms with Crippen molar-refractivity contribution in [2.24, 2.45) is 0 Å². The zero-order valence-electron chi connectivity index (χ0n) is 12.0. The monoisotopic (exact) mass is 313 g/mol. The van der Waals surface area contributed by atoms with Crippen molar-refractivity contribution >= 4 is 21.6 Å². The molecule has 0 saturated carbocycles. The normalized spacial score (nSPS) is 13.4. The lowest BCUT2D eigenvalue weighted by Gasteiger charge is -2.28. The molecule has 1 aromatic carbocycles. The van der Waals surface area contributed by atoms with Crippen LogP contribution in [0.2, 0.25) is 0 Å². The largest absolute Gasteiger partial charge is 0.382 e. The molecule has 3 heteroatoms. The van der Waals surface area contributed by atoms with Gasteiger partial charge in [-0.25, -0.2) is 0 Å². The lowest BCUT2D eigenvalue weighted by molar-refractivity contribution is 0.0128. The summed E-state index contributed by atoms with van der Waals surface area (Å²) >= 11 is 3.52. The van der Waals surface area contributed by atoms with E-state index in [0.717, 1.165) is 17.3 Å². The van der Waals surface area contributed by atoms with Crippen molar-refractivity contribution < 1.29 is 4.74 Å². The molecule has 0 aliphatic rings. The highest BCUT2D eigenvalue weighted by molar-refractivity contribution is 9.10. The van der Waals surface area contributed by atoms with Crippen molar-refractivity contribution in [2.45, 2.75) is 52.2 Å². The standard InChI is InChI=1S/C15H24BrNO/c1-6-12-9-13(16)7-8-14(12)17-11(2)10-15(3,4)18-5/h7-9,11,17H,6,10H2,1-5H3. The first kappa shape index (κ1) is 15.5. The summed E-state index contributed by atoms with van der Waals surface area (Å²) in [5.41, 5.74) is 2.47. The first-order valence-electron chi connectivity index (χ1n) is 6.48. The van der Waals surface area contributed by atoms with Gasteiger partial charge in [0.25, 0.3) is 0 Å². The number of hydrogen-bond donors (Lipinski definition) is 1. The molecule has 1 rings (SSSR count). The van der Waals surface area contributed by atoms with Crippen molar-refractivity contribution in [2.75, 3.05) is 12.4 Å². The number of benzene rings is 1. The van der Waals surface area contributed by atoms with Crippen LogP contribution in [0, 0.1) is 0 Å². The Bertz CT molecular complexity index is 390. The smallest absolute Gasteiger partial charge is 0.0642 e. The second-order valence-electron chi connectivity index (χ2n) is 5.37. The first-order chi connectivity index (χ1) is 8.38. The Hall–Kier alpha value is -0.540. The van der Waals surface area contributed by atoms with Crippen molar-refractivity contribution in [1.82, 2.24) is 0 Å². The van der Waals surface area contributed by atoms with Crippen molar-refractivity contribution in [1.29, 1.82) is 0 Å². The molecule has 0 aliphatic heterocycles. The Balaban J connectivity index is 2.72. The van der Waals surface area contributed by atoms with E-state index in [1.807, 2.05) is 0 Å². The van der Waals surface area contributed by atoms with Crippen LogP contribution in [-0.4, -0.2) is 18.8 Å². The van der Waals surface area contributed by atoms with Gasteiger partial charge in [-0.3, -0.25) is 0 Å². The molecule has 1 aromatic rings. The van der Waals surface area contributed by atoms with E-state index < -0.39 is 0 Å². The number of hydrogen-bond acceptors (Lipinski definition) is 2. The average molecular weight is 314 g/mol. The molecule has 0 saturated heterocycles. The van der Waals surface area contributed by atoms with Gasteiger partial charge in [0.05, 0.1) is 5.60 Å². The maximum Gasteiger partial charge on any atom is 0.0642 e. The highest BCUT2D eigenvalue weighted by Crippen LogP contribution is 2.24. The third kappa shape index (κ3) is 4.62. The summed E-state index contributed by atoms with van der Waals surface area (Å²) in [6.07, 6.45) is 2.00. The number of anilines is 1. The molecule has 0 bridgehead atoms. The van der Waals surface area contributed by atoms with Gasteiger partial charge in [0, 0.05) is 23.3 Å². The maximum absolute atomic E-state index is 5.47. The molecule has 2 nitrogen and oxygen atoms in total. The lowest BCUT2D eigenvalue weighted by Crippen LogP contribution is -2.31. The molecule has 1 atom stereocenters. The number of halogens is 1. The maximum atomic E-state index is 5.47. The summed E-state index contributed by atoms with van der Waals surface area (Å²) in [5.74, 6) is 0. The minimum Gasteiger partial charge on any atom is -0.382 e. The van der Waals surface area contributed by atoms with Crippen molar-refractivity contribution in [3.8, 4) is 0 Å². The minimum atomic E-state index is -0.0891. The van der Waals surface area contributed by atoms with E-state index >= 15 is 0 Å². The van der Waals surface area contributed by atoms with Gasteiger partial charge in [-0.05, 0) is 57.4 Å². The predicted molar refractivity (Wildman–Crippen MR) is 82.3 cm³/mol. The summed E-state index contributed by atoms with van der Waals surface area (Å²) in [6, 6.07) is 6.78. The van der Waals surface area contributed by atoms with Crippen LogP contribution in [0.15, 0.2) is 22.7 Å². The van der Waals surface area contributed by atoms with E-state index in [1.165, 1.54) is 11.3 Å². The molecule has 102 valence electrons. The molecule has 0 aromatic heterocycles. The lowest BCUT2D eigenvalue weighted by atomic mass is 9.99. The quantitative estimate of drug-likeness (QED) is 0.827. The average Bonchev–Trinajstić information content (AvgIpc) is 2.30. The van der Waals surface area contributed by atoms with Crippen LogP contribution in [0.5, 0.6) is 0 Å². The van der Waals surface area contributed by atoms with Crippen molar-refractivity contribution in [3.05, 3.63) is 28.2 Å². The van der Waals surface area contributed by atoms with Gasteiger partial charge in [0.2, 0.25) is 0 Å². The molecule has 0 fully saturated rings. The van der Waals surface area contributed by atoms with Gasteiger partial charge < -0.3 is 10.1 Å². The fourth-order valence-electron chi connectivity index (χ4n) is 2.13. The van der Waals surface area contributed by atoms with E-state index in [2.05, 4.69) is 67.1 Å². The Morgan fingerprint density at radius 3 is 2.61 bits per heavy atom. The fraction of sp³-hybridized carbons (Fsp3) is 0.600. The third-order valence-corrected chi connectivity index (χ3v) is 3.69. The molecule has 0 heterocycles. The summed E-state index contributed by atoms with van der Waals surface area (Å²) in [4.78, 5) is 0. The van der Waals surface area contributed by atoms with Gasteiger partial charge in [0.1, 0.15) is 0 Å². The van der Waals surface area contributed by atoms with Crippen LogP contribution >= 0.6 is 15.9 Å². The SMILES string of the molecule is CCc1cc(Br)ccc1NC(C)CC(C)(C)OC. The second-order valence-corrected chi connectivity index (χ2v) is 6.28. The molecule has 1 N–H and O–H groups in total.